The van der Waals surface area contributed by atoms with Crippen molar-refractivity contribution in [3.63, 3.8) is 0 Å². The lowest BCUT2D eigenvalue weighted by Crippen LogP contribution is -2.15. The smallest absolute Gasteiger partial charge is 0.256 e. The van der Waals surface area contributed by atoms with Crippen molar-refractivity contribution >= 4 is 23.1 Å². The monoisotopic (exact) mass is 270 g/mol. The van der Waals surface area contributed by atoms with Crippen molar-refractivity contribution in [3.05, 3.63) is 47.7 Å². The molecule has 2 aromatic rings. The maximum absolute atomic E-state index is 12.1. The van der Waals surface area contributed by atoms with Crippen molar-refractivity contribution in [2.24, 2.45) is 0 Å². The number of aryl methyl sites for hydroxylation is 1. The first-order chi connectivity index (χ1) is 9.47. The molecule has 1 amide bonds. The van der Waals surface area contributed by atoms with Crippen molar-refractivity contribution in [1.82, 2.24) is 4.98 Å². The highest BCUT2D eigenvalue weighted by Gasteiger charge is 2.10. The summed E-state index contributed by atoms with van der Waals surface area (Å²) < 4.78 is 0. The van der Waals surface area contributed by atoms with E-state index in [-0.39, 0.29) is 5.91 Å². The van der Waals surface area contributed by atoms with Crippen LogP contribution in [0.5, 0.6) is 0 Å². The fourth-order valence-corrected chi connectivity index (χ4v) is 1.83. The number of nitrogens with zero attached hydrogens (tertiary/aromatic N) is 2. The number of hydrogen-bond donors (Lipinski definition) is 2. The summed E-state index contributed by atoms with van der Waals surface area (Å²) in [6.07, 6.45) is 1.71. The van der Waals surface area contributed by atoms with Crippen LogP contribution in [0.1, 0.15) is 15.9 Å². The maximum Gasteiger partial charge on any atom is 0.256 e. The van der Waals surface area contributed by atoms with E-state index in [9.17, 15) is 4.79 Å². The number of benzene rings is 1. The number of pyridine rings is 1. The summed E-state index contributed by atoms with van der Waals surface area (Å²) in [5, 5.41) is 2.74. The topological polar surface area (TPSA) is 71.2 Å². The third-order valence-electron chi connectivity index (χ3n) is 2.92. The maximum atomic E-state index is 12.1. The molecule has 0 unspecified atom stereocenters. The molecular formula is C15H18N4O. The Hall–Kier alpha value is -2.56. The minimum absolute atomic E-state index is 0.224. The molecular weight excluding hydrogens is 252 g/mol. The Morgan fingerprint density at radius 1 is 1.25 bits per heavy atom. The zero-order valence-corrected chi connectivity index (χ0v) is 11.8. The van der Waals surface area contributed by atoms with Crippen LogP contribution in [0.15, 0.2) is 36.5 Å². The van der Waals surface area contributed by atoms with Gasteiger partial charge in [-0.2, -0.15) is 0 Å². The molecule has 5 nitrogen and oxygen atoms in total. The van der Waals surface area contributed by atoms with Crippen LogP contribution in [0, 0.1) is 6.92 Å². The number of aromatic nitrogens is 1. The highest BCUT2D eigenvalue weighted by Crippen LogP contribution is 2.22. The van der Waals surface area contributed by atoms with Crippen molar-refractivity contribution in [2.75, 3.05) is 30.0 Å². The molecule has 1 aromatic heterocycles. The van der Waals surface area contributed by atoms with Gasteiger partial charge in [-0.1, -0.05) is 6.07 Å². The number of rotatable bonds is 3. The van der Waals surface area contributed by atoms with E-state index in [1.54, 1.807) is 24.4 Å². The number of amides is 1. The second kappa shape index (κ2) is 5.61. The second-order valence-electron chi connectivity index (χ2n) is 4.84. The number of nitrogen functional groups attached to an aromatic ring is 1. The average Bonchev–Trinajstić information content (AvgIpc) is 2.40. The molecule has 0 aliphatic carbocycles. The highest BCUT2D eigenvalue weighted by atomic mass is 16.1. The fraction of sp³-hybridized carbons (Fsp3) is 0.200. The molecule has 1 heterocycles. The molecule has 2 rings (SSSR count). The number of hydrogen-bond acceptors (Lipinski definition) is 4. The molecule has 0 aliphatic heterocycles. The molecule has 0 aliphatic rings. The van der Waals surface area contributed by atoms with Gasteiger partial charge in [0.05, 0.1) is 11.4 Å². The summed E-state index contributed by atoms with van der Waals surface area (Å²) in [4.78, 5) is 18.2. The van der Waals surface area contributed by atoms with E-state index in [0.717, 1.165) is 11.3 Å². The van der Waals surface area contributed by atoms with Gasteiger partial charge in [0.2, 0.25) is 0 Å². The van der Waals surface area contributed by atoms with Crippen molar-refractivity contribution in [1.29, 1.82) is 0 Å². The number of carbonyl (C=O) groups excluding carboxylic acids is 1. The van der Waals surface area contributed by atoms with Gasteiger partial charge in [0.1, 0.15) is 5.82 Å². The van der Waals surface area contributed by atoms with Gasteiger partial charge in [-0.05, 0) is 36.8 Å². The number of carbonyl (C=O) groups is 1. The number of anilines is 3. The van der Waals surface area contributed by atoms with E-state index in [1.807, 2.05) is 38.1 Å². The summed E-state index contributed by atoms with van der Waals surface area (Å²) in [5.74, 6) is 0.300. The van der Waals surface area contributed by atoms with Gasteiger partial charge in [-0.15, -0.1) is 0 Å². The molecule has 5 heteroatoms. The quantitative estimate of drug-likeness (QED) is 0.839. The molecule has 104 valence electrons. The molecule has 0 fully saturated rings. The SMILES string of the molecule is Cc1ccc(NC(=O)c2ccc(N(C)C)c(N)c2)nc1. The van der Waals surface area contributed by atoms with Gasteiger partial charge >= 0.3 is 0 Å². The van der Waals surface area contributed by atoms with E-state index in [1.165, 1.54) is 0 Å². The molecule has 0 bridgehead atoms. The predicted molar refractivity (Wildman–Crippen MR) is 82.1 cm³/mol. The molecule has 0 spiro atoms. The first kappa shape index (κ1) is 13.9. The number of nitrogens with two attached hydrogens (primary N) is 1. The number of nitrogens with one attached hydrogen (secondary N) is 1. The first-order valence-corrected chi connectivity index (χ1v) is 6.28. The molecule has 0 radical (unpaired) electrons. The van der Waals surface area contributed by atoms with Crippen LogP contribution in [-0.4, -0.2) is 25.0 Å². The van der Waals surface area contributed by atoms with Crippen LogP contribution in [0.2, 0.25) is 0 Å². The lowest BCUT2D eigenvalue weighted by Gasteiger charge is -2.15. The summed E-state index contributed by atoms with van der Waals surface area (Å²) in [5.41, 5.74) is 8.94. The predicted octanol–water partition coefficient (Wildman–Crippen LogP) is 2.29. The van der Waals surface area contributed by atoms with E-state index >= 15 is 0 Å². The summed E-state index contributed by atoms with van der Waals surface area (Å²) in [7, 11) is 3.81. The molecule has 0 saturated carbocycles. The van der Waals surface area contributed by atoms with Gasteiger partial charge in [0.25, 0.3) is 5.91 Å². The van der Waals surface area contributed by atoms with Crippen molar-refractivity contribution in [2.45, 2.75) is 6.92 Å². The minimum Gasteiger partial charge on any atom is -0.397 e. The highest BCUT2D eigenvalue weighted by molar-refractivity contribution is 6.04. The van der Waals surface area contributed by atoms with Gasteiger partial charge in [0.15, 0.2) is 0 Å². The van der Waals surface area contributed by atoms with E-state index in [4.69, 9.17) is 5.73 Å². The zero-order chi connectivity index (χ0) is 14.7. The van der Waals surface area contributed by atoms with Crippen LogP contribution >= 0.6 is 0 Å². The largest absolute Gasteiger partial charge is 0.397 e. The normalized spacial score (nSPS) is 10.2. The lowest BCUT2D eigenvalue weighted by atomic mass is 10.1. The Morgan fingerprint density at radius 3 is 2.55 bits per heavy atom. The Labute approximate surface area is 118 Å². The zero-order valence-electron chi connectivity index (χ0n) is 11.8. The average molecular weight is 270 g/mol. The Balaban J connectivity index is 2.17. The fourth-order valence-electron chi connectivity index (χ4n) is 1.83. The van der Waals surface area contributed by atoms with E-state index in [2.05, 4.69) is 10.3 Å². The van der Waals surface area contributed by atoms with Gasteiger partial charge in [-0.25, -0.2) is 4.98 Å². The van der Waals surface area contributed by atoms with E-state index in [0.29, 0.717) is 17.1 Å². The Morgan fingerprint density at radius 2 is 2.00 bits per heavy atom. The molecule has 3 N–H and O–H groups in total. The molecule has 0 saturated heterocycles. The van der Waals surface area contributed by atoms with Gasteiger partial charge < -0.3 is 16.0 Å². The summed E-state index contributed by atoms with van der Waals surface area (Å²) in [6, 6.07) is 8.90. The Kier molecular flexibility index (Phi) is 3.89. The van der Waals surface area contributed by atoms with E-state index < -0.39 is 0 Å². The van der Waals surface area contributed by atoms with Gasteiger partial charge in [0, 0.05) is 25.9 Å². The summed E-state index contributed by atoms with van der Waals surface area (Å²) in [6.45, 7) is 1.94. The third kappa shape index (κ3) is 3.06. The summed E-state index contributed by atoms with van der Waals surface area (Å²) >= 11 is 0. The van der Waals surface area contributed by atoms with Crippen LogP contribution in [0.3, 0.4) is 0 Å². The van der Waals surface area contributed by atoms with Crippen molar-refractivity contribution in [3.8, 4) is 0 Å². The minimum atomic E-state index is -0.224. The molecule has 1 aromatic carbocycles. The third-order valence-corrected chi connectivity index (χ3v) is 2.92. The Bertz CT molecular complexity index is 620. The van der Waals surface area contributed by atoms with Crippen LogP contribution in [-0.2, 0) is 0 Å². The van der Waals surface area contributed by atoms with Crippen LogP contribution in [0.4, 0.5) is 17.2 Å². The van der Waals surface area contributed by atoms with Crippen LogP contribution < -0.4 is 16.0 Å². The van der Waals surface area contributed by atoms with Gasteiger partial charge in [-0.3, -0.25) is 4.79 Å². The second-order valence-corrected chi connectivity index (χ2v) is 4.84. The van der Waals surface area contributed by atoms with Crippen molar-refractivity contribution < 1.29 is 4.79 Å². The lowest BCUT2D eigenvalue weighted by molar-refractivity contribution is 0.102. The molecule has 20 heavy (non-hydrogen) atoms. The standard InChI is InChI=1S/C15H18N4O/c1-10-4-7-14(17-9-10)18-15(20)11-5-6-13(19(2)3)12(16)8-11/h4-9H,16H2,1-3H3,(H,17,18,20). The first-order valence-electron chi connectivity index (χ1n) is 6.28. The molecule has 0 atom stereocenters. The van der Waals surface area contributed by atoms with Crippen LogP contribution in [0.25, 0.3) is 0 Å².